The van der Waals surface area contributed by atoms with Crippen LogP contribution in [0.5, 0.6) is 0 Å². The van der Waals surface area contributed by atoms with E-state index in [0.717, 1.165) is 0 Å². The Hall–Kier alpha value is -0.570. The first kappa shape index (κ1) is 13.4. The summed E-state index contributed by atoms with van der Waals surface area (Å²) in [5.74, 6) is 0. The molecule has 0 fully saturated rings. The van der Waals surface area contributed by atoms with Crippen LogP contribution in [0.1, 0.15) is 0 Å². The quantitative estimate of drug-likeness (QED) is 0.245. The molecule has 0 saturated carbocycles. The molecular formula is C7H14O7. The van der Waals surface area contributed by atoms with Gasteiger partial charge in [-0.3, -0.25) is 0 Å². The van der Waals surface area contributed by atoms with Gasteiger partial charge in [-0.2, -0.15) is 0 Å². The van der Waals surface area contributed by atoms with Crippen molar-refractivity contribution in [2.24, 2.45) is 0 Å². The maximum Gasteiger partial charge on any atom is 0.151 e. The molecule has 0 aliphatic carbocycles. The van der Waals surface area contributed by atoms with E-state index >= 15 is 0 Å². The lowest BCUT2D eigenvalue weighted by molar-refractivity contribution is -0.147. The van der Waals surface area contributed by atoms with Gasteiger partial charge in [0, 0.05) is 0 Å². The molecule has 0 aliphatic rings. The van der Waals surface area contributed by atoms with Gasteiger partial charge in [0.05, 0.1) is 6.61 Å². The number of carbonyl (C=O) groups excluding carboxylic acids is 1. The van der Waals surface area contributed by atoms with Crippen molar-refractivity contribution in [1.82, 2.24) is 0 Å². The van der Waals surface area contributed by atoms with E-state index in [1.165, 1.54) is 0 Å². The third-order valence-corrected chi connectivity index (χ3v) is 1.77. The van der Waals surface area contributed by atoms with Crippen molar-refractivity contribution in [2.45, 2.75) is 30.5 Å². The summed E-state index contributed by atoms with van der Waals surface area (Å²) in [6.45, 7) is -0.817. The maximum absolute atomic E-state index is 10.00. The van der Waals surface area contributed by atoms with Gasteiger partial charge in [0.2, 0.25) is 0 Å². The average Bonchev–Trinajstić information content (AvgIpc) is 2.23. The molecule has 0 rings (SSSR count). The van der Waals surface area contributed by atoms with Crippen molar-refractivity contribution in [2.75, 3.05) is 6.61 Å². The molecule has 0 amide bonds. The second-order valence-electron chi connectivity index (χ2n) is 2.85. The monoisotopic (exact) mass is 210 g/mol. The fraction of sp³-hybridized carbons (Fsp3) is 0.857. The first-order chi connectivity index (χ1) is 6.45. The highest BCUT2D eigenvalue weighted by atomic mass is 16.4. The van der Waals surface area contributed by atoms with Gasteiger partial charge in [-0.1, -0.05) is 0 Å². The van der Waals surface area contributed by atoms with E-state index in [2.05, 4.69) is 0 Å². The van der Waals surface area contributed by atoms with Crippen LogP contribution < -0.4 is 0 Å². The van der Waals surface area contributed by atoms with Crippen LogP contribution in [0.4, 0.5) is 0 Å². The van der Waals surface area contributed by atoms with Crippen LogP contribution >= 0.6 is 0 Å². The summed E-state index contributed by atoms with van der Waals surface area (Å²) in [7, 11) is 0. The third-order valence-electron chi connectivity index (χ3n) is 1.77. The Morgan fingerprint density at radius 1 is 0.929 bits per heavy atom. The highest BCUT2D eigenvalue weighted by molar-refractivity contribution is 5.56. The number of hydrogen-bond acceptors (Lipinski definition) is 7. The van der Waals surface area contributed by atoms with Gasteiger partial charge in [0.25, 0.3) is 0 Å². The largest absolute Gasteiger partial charge is 0.394 e. The van der Waals surface area contributed by atoms with E-state index < -0.39 is 37.1 Å². The number of aliphatic hydroxyl groups is 6. The van der Waals surface area contributed by atoms with Crippen LogP contribution in [0.2, 0.25) is 0 Å². The topological polar surface area (TPSA) is 138 Å². The molecule has 0 aliphatic heterocycles. The molecule has 0 radical (unpaired) electrons. The summed E-state index contributed by atoms with van der Waals surface area (Å²) >= 11 is 0. The first-order valence-electron chi connectivity index (χ1n) is 3.92. The zero-order chi connectivity index (χ0) is 11.3. The molecule has 0 aromatic rings. The van der Waals surface area contributed by atoms with Crippen LogP contribution in [0.15, 0.2) is 0 Å². The molecule has 7 nitrogen and oxygen atoms in total. The Bertz CT molecular complexity index is 173. The number of hydrogen-bond donors (Lipinski definition) is 6. The SMILES string of the molecule is O=C[C@H](O)[C@@H](O)[C@H](O)[C@H](O)[C@@H](O)CO. The zero-order valence-corrected chi connectivity index (χ0v) is 7.26. The van der Waals surface area contributed by atoms with Crippen molar-refractivity contribution in [3.8, 4) is 0 Å². The molecule has 6 N–H and O–H groups in total. The van der Waals surface area contributed by atoms with Crippen LogP contribution in [-0.2, 0) is 4.79 Å². The lowest BCUT2D eigenvalue weighted by atomic mass is 10.0. The number of carbonyl (C=O) groups is 1. The Morgan fingerprint density at radius 2 is 1.43 bits per heavy atom. The Kier molecular flexibility index (Phi) is 5.77. The van der Waals surface area contributed by atoms with Gasteiger partial charge >= 0.3 is 0 Å². The number of aldehydes is 1. The number of aliphatic hydroxyl groups excluding tert-OH is 6. The van der Waals surface area contributed by atoms with Crippen LogP contribution in [0, 0.1) is 0 Å². The average molecular weight is 210 g/mol. The molecule has 0 bridgehead atoms. The molecule has 0 aromatic carbocycles. The highest BCUT2D eigenvalue weighted by Crippen LogP contribution is 2.07. The van der Waals surface area contributed by atoms with E-state index in [-0.39, 0.29) is 6.29 Å². The molecule has 0 aromatic heterocycles. The van der Waals surface area contributed by atoms with Crippen molar-refractivity contribution in [3.05, 3.63) is 0 Å². The van der Waals surface area contributed by atoms with Crippen molar-refractivity contribution in [3.63, 3.8) is 0 Å². The van der Waals surface area contributed by atoms with Gasteiger partial charge in [0.1, 0.15) is 30.5 Å². The summed E-state index contributed by atoms with van der Waals surface area (Å²) in [6, 6.07) is 0. The summed E-state index contributed by atoms with van der Waals surface area (Å²) in [4.78, 5) is 10.00. The van der Waals surface area contributed by atoms with Crippen LogP contribution in [0.3, 0.4) is 0 Å². The summed E-state index contributed by atoms with van der Waals surface area (Å²) in [6.07, 6.45) is -9.21. The highest BCUT2D eigenvalue weighted by Gasteiger charge is 2.33. The van der Waals surface area contributed by atoms with E-state index in [4.69, 9.17) is 30.6 Å². The van der Waals surface area contributed by atoms with Crippen molar-refractivity contribution < 1.29 is 35.4 Å². The second-order valence-corrected chi connectivity index (χ2v) is 2.85. The fourth-order valence-corrected chi connectivity index (χ4v) is 0.820. The van der Waals surface area contributed by atoms with E-state index in [0.29, 0.717) is 0 Å². The van der Waals surface area contributed by atoms with Crippen molar-refractivity contribution >= 4 is 6.29 Å². The molecule has 0 heterocycles. The van der Waals surface area contributed by atoms with E-state index in [1.54, 1.807) is 0 Å². The molecule has 0 spiro atoms. The Balaban J connectivity index is 4.29. The molecule has 84 valence electrons. The maximum atomic E-state index is 10.00. The minimum absolute atomic E-state index is 0.0219. The second kappa shape index (κ2) is 6.02. The lowest BCUT2D eigenvalue weighted by Crippen LogP contribution is -2.50. The number of rotatable bonds is 6. The smallest absolute Gasteiger partial charge is 0.151 e. The molecular weight excluding hydrogens is 196 g/mol. The van der Waals surface area contributed by atoms with Gasteiger partial charge in [-0.25, -0.2) is 0 Å². The predicted molar refractivity (Wildman–Crippen MR) is 43.2 cm³/mol. The molecule has 0 unspecified atom stereocenters. The molecule has 7 heteroatoms. The Morgan fingerprint density at radius 3 is 1.79 bits per heavy atom. The summed E-state index contributed by atoms with van der Waals surface area (Å²) < 4.78 is 0. The van der Waals surface area contributed by atoms with Gasteiger partial charge in [-0.05, 0) is 0 Å². The van der Waals surface area contributed by atoms with Crippen LogP contribution in [0.25, 0.3) is 0 Å². The van der Waals surface area contributed by atoms with Crippen LogP contribution in [-0.4, -0.2) is 74.1 Å². The Labute approximate surface area is 79.9 Å². The van der Waals surface area contributed by atoms with Crippen molar-refractivity contribution in [1.29, 1.82) is 0 Å². The standard InChI is InChI=1S/C7H14O7/c8-1-3(10)5(12)7(14)6(13)4(11)2-9/h1,3-7,9-14H,2H2/t3-,4-,5+,6+,7-/m0/s1. The van der Waals surface area contributed by atoms with Gasteiger partial charge in [-0.15, -0.1) is 0 Å². The lowest BCUT2D eigenvalue weighted by Gasteiger charge is -2.26. The zero-order valence-electron chi connectivity index (χ0n) is 7.26. The normalized spacial score (nSPS) is 22.1. The summed E-state index contributed by atoms with van der Waals surface area (Å²) in [5.41, 5.74) is 0. The minimum Gasteiger partial charge on any atom is -0.394 e. The van der Waals surface area contributed by atoms with E-state index in [9.17, 15) is 4.79 Å². The predicted octanol–water partition coefficient (Wildman–Crippen LogP) is -4.02. The third kappa shape index (κ3) is 3.29. The fourth-order valence-electron chi connectivity index (χ4n) is 0.820. The molecule has 0 saturated heterocycles. The summed E-state index contributed by atoms with van der Waals surface area (Å²) in [5, 5.41) is 53.2. The van der Waals surface area contributed by atoms with E-state index in [1.807, 2.05) is 0 Å². The van der Waals surface area contributed by atoms with Gasteiger partial charge < -0.3 is 35.4 Å². The van der Waals surface area contributed by atoms with Gasteiger partial charge in [0.15, 0.2) is 6.29 Å². The first-order valence-corrected chi connectivity index (χ1v) is 3.92. The minimum atomic E-state index is -1.92. The molecule has 14 heavy (non-hydrogen) atoms. The molecule has 5 atom stereocenters.